The zero-order valence-electron chi connectivity index (χ0n) is 16.7. The van der Waals surface area contributed by atoms with E-state index in [0.717, 1.165) is 45.3 Å². The van der Waals surface area contributed by atoms with Gasteiger partial charge in [-0.3, -0.25) is 9.47 Å². The van der Waals surface area contributed by atoms with Crippen molar-refractivity contribution in [2.75, 3.05) is 45.1 Å². The molecule has 2 aromatic heterocycles. The van der Waals surface area contributed by atoms with Gasteiger partial charge in [0.05, 0.1) is 12.8 Å². The maximum Gasteiger partial charge on any atom is 0.329 e. The Morgan fingerprint density at radius 3 is 2.61 bits per heavy atom. The van der Waals surface area contributed by atoms with Gasteiger partial charge in [-0.05, 0) is 51.7 Å². The van der Waals surface area contributed by atoms with Gasteiger partial charge in [-0.2, -0.15) is 9.97 Å². The van der Waals surface area contributed by atoms with E-state index in [1.54, 1.807) is 4.57 Å². The molecule has 2 aliphatic rings. The molecule has 28 heavy (non-hydrogen) atoms. The summed E-state index contributed by atoms with van der Waals surface area (Å²) in [5.41, 5.74) is 6.97. The van der Waals surface area contributed by atoms with Crippen LogP contribution in [0.4, 0.5) is 5.82 Å². The number of nitrogen functional groups attached to an aromatic ring is 1. The number of fused-ring (bicyclic) bond motifs is 1. The Balaban J connectivity index is 1.61. The van der Waals surface area contributed by atoms with Gasteiger partial charge in [0.1, 0.15) is 5.52 Å². The molecule has 0 radical (unpaired) electrons. The zero-order valence-corrected chi connectivity index (χ0v) is 16.7. The third kappa shape index (κ3) is 3.86. The number of nitrogens with one attached hydrogen (secondary N) is 1. The zero-order chi connectivity index (χ0) is 19.5. The van der Waals surface area contributed by atoms with Gasteiger partial charge >= 0.3 is 11.7 Å². The number of anilines is 1. The molecule has 4 rings (SSSR count). The lowest BCUT2D eigenvalue weighted by Gasteiger charge is -2.39. The molecule has 4 heterocycles. The molecular formula is C19H31N7O2. The summed E-state index contributed by atoms with van der Waals surface area (Å²) < 4.78 is 7.42. The minimum Gasteiger partial charge on any atom is -0.463 e. The second-order valence-corrected chi connectivity index (χ2v) is 7.80. The summed E-state index contributed by atoms with van der Waals surface area (Å²) in [4.78, 5) is 29.2. The fourth-order valence-corrected chi connectivity index (χ4v) is 3.87. The summed E-state index contributed by atoms with van der Waals surface area (Å²) in [5.74, 6) is 0.260. The van der Waals surface area contributed by atoms with Gasteiger partial charge in [0, 0.05) is 13.1 Å². The van der Waals surface area contributed by atoms with E-state index in [1.807, 2.05) is 0 Å². The van der Waals surface area contributed by atoms with E-state index in [9.17, 15) is 4.79 Å². The first-order valence-corrected chi connectivity index (χ1v) is 10.5. The Bertz CT molecular complexity index is 854. The van der Waals surface area contributed by atoms with E-state index in [2.05, 4.69) is 31.7 Å². The van der Waals surface area contributed by atoms with Crippen LogP contribution in [-0.2, 0) is 0 Å². The number of unbranched alkanes of at least 4 members (excludes halogenated alkanes) is 1. The monoisotopic (exact) mass is 389 g/mol. The average molecular weight is 390 g/mol. The van der Waals surface area contributed by atoms with Crippen LogP contribution in [0.15, 0.2) is 4.79 Å². The standard InChI is InChI=1S/C19H31N7O2/c1-2-3-13-28-18-22-16(20)15-17(23-18)26(19(27)21-15)14(25-11-6-12-25)7-4-8-24-9-5-10-24/h14H,2-13H2,1H3,(H,21,27)(H2,20,22,23). The summed E-state index contributed by atoms with van der Waals surface area (Å²) in [5, 5.41) is 0. The smallest absolute Gasteiger partial charge is 0.329 e. The largest absolute Gasteiger partial charge is 0.463 e. The first kappa shape index (κ1) is 19.2. The third-order valence-corrected chi connectivity index (χ3v) is 5.80. The molecule has 1 unspecified atom stereocenters. The van der Waals surface area contributed by atoms with Crippen molar-refractivity contribution in [2.24, 2.45) is 0 Å². The normalized spacial score (nSPS) is 18.8. The van der Waals surface area contributed by atoms with Crippen molar-refractivity contribution in [3.63, 3.8) is 0 Å². The Morgan fingerprint density at radius 1 is 1.18 bits per heavy atom. The van der Waals surface area contributed by atoms with Crippen LogP contribution in [0.5, 0.6) is 6.01 Å². The van der Waals surface area contributed by atoms with Crippen LogP contribution in [-0.4, -0.2) is 68.6 Å². The maximum absolute atomic E-state index is 12.8. The van der Waals surface area contributed by atoms with E-state index in [0.29, 0.717) is 17.8 Å². The fraction of sp³-hybridized carbons (Fsp3) is 0.737. The highest BCUT2D eigenvalue weighted by molar-refractivity contribution is 5.82. The van der Waals surface area contributed by atoms with Crippen molar-refractivity contribution in [3.05, 3.63) is 10.5 Å². The Morgan fingerprint density at radius 2 is 1.96 bits per heavy atom. The SMILES string of the molecule is CCCCOc1nc(N)c2[nH]c(=O)n(C(CCCN3CCC3)N3CCC3)c2n1. The number of aromatic amines is 1. The quantitative estimate of drug-likeness (QED) is 0.594. The Kier molecular flexibility index (Phi) is 5.82. The number of nitrogens with two attached hydrogens (primary N) is 1. The maximum atomic E-state index is 12.8. The number of aromatic nitrogens is 4. The van der Waals surface area contributed by atoms with E-state index >= 15 is 0 Å². The Labute approximate surface area is 164 Å². The number of ether oxygens (including phenoxy) is 1. The average Bonchev–Trinajstić information content (AvgIpc) is 2.91. The second kappa shape index (κ2) is 8.48. The molecule has 9 nitrogen and oxygen atoms in total. The van der Waals surface area contributed by atoms with Gasteiger partial charge in [-0.15, -0.1) is 0 Å². The Hall–Kier alpha value is -2.13. The highest BCUT2D eigenvalue weighted by Crippen LogP contribution is 2.28. The molecule has 154 valence electrons. The fourth-order valence-electron chi connectivity index (χ4n) is 3.87. The minimum atomic E-state index is -0.178. The first-order chi connectivity index (χ1) is 13.7. The molecular weight excluding hydrogens is 358 g/mol. The van der Waals surface area contributed by atoms with Gasteiger partial charge in [-0.1, -0.05) is 13.3 Å². The number of rotatable bonds is 10. The molecule has 2 saturated heterocycles. The third-order valence-electron chi connectivity index (χ3n) is 5.80. The lowest BCUT2D eigenvalue weighted by atomic mass is 10.1. The van der Waals surface area contributed by atoms with E-state index in [1.165, 1.54) is 25.9 Å². The number of hydrogen-bond acceptors (Lipinski definition) is 7. The van der Waals surface area contributed by atoms with Crippen LogP contribution < -0.4 is 16.2 Å². The number of H-pyrrole nitrogens is 1. The van der Waals surface area contributed by atoms with Crippen LogP contribution in [0, 0.1) is 0 Å². The van der Waals surface area contributed by atoms with Crippen LogP contribution in [0.3, 0.4) is 0 Å². The van der Waals surface area contributed by atoms with Crippen molar-refractivity contribution in [3.8, 4) is 6.01 Å². The molecule has 9 heteroatoms. The molecule has 2 fully saturated rings. The van der Waals surface area contributed by atoms with Crippen LogP contribution in [0.2, 0.25) is 0 Å². The lowest BCUT2D eigenvalue weighted by Crippen LogP contribution is -2.45. The van der Waals surface area contributed by atoms with E-state index in [-0.39, 0.29) is 23.7 Å². The summed E-state index contributed by atoms with van der Waals surface area (Å²) in [6.07, 6.45) is 6.39. The summed E-state index contributed by atoms with van der Waals surface area (Å²) in [6.45, 7) is 8.14. The molecule has 2 aromatic rings. The summed E-state index contributed by atoms with van der Waals surface area (Å²) in [6, 6.07) is 0.245. The van der Waals surface area contributed by atoms with Crippen molar-refractivity contribution >= 4 is 17.0 Å². The van der Waals surface area contributed by atoms with E-state index < -0.39 is 0 Å². The van der Waals surface area contributed by atoms with Gasteiger partial charge in [-0.25, -0.2) is 4.79 Å². The molecule has 1 atom stereocenters. The molecule has 0 aromatic carbocycles. The molecule has 2 aliphatic heterocycles. The second-order valence-electron chi connectivity index (χ2n) is 7.80. The van der Waals surface area contributed by atoms with Gasteiger partial charge < -0.3 is 20.4 Å². The molecule has 0 bridgehead atoms. The summed E-state index contributed by atoms with van der Waals surface area (Å²) >= 11 is 0. The van der Waals surface area contributed by atoms with Gasteiger partial charge in [0.15, 0.2) is 11.5 Å². The predicted octanol–water partition coefficient (Wildman–Crippen LogP) is 1.57. The molecule has 0 aliphatic carbocycles. The van der Waals surface area contributed by atoms with Crippen molar-refractivity contribution in [2.45, 2.75) is 51.6 Å². The lowest BCUT2D eigenvalue weighted by molar-refractivity contribution is 0.0597. The number of imidazole rings is 1. The topological polar surface area (TPSA) is 105 Å². The predicted molar refractivity (Wildman–Crippen MR) is 108 cm³/mol. The van der Waals surface area contributed by atoms with Crippen molar-refractivity contribution < 1.29 is 4.74 Å². The van der Waals surface area contributed by atoms with Gasteiger partial charge in [0.25, 0.3) is 0 Å². The van der Waals surface area contributed by atoms with Crippen molar-refractivity contribution in [1.82, 2.24) is 29.3 Å². The number of hydrogen-bond donors (Lipinski definition) is 2. The van der Waals surface area contributed by atoms with Gasteiger partial charge in [0.2, 0.25) is 0 Å². The highest BCUT2D eigenvalue weighted by atomic mass is 16.5. The summed E-state index contributed by atoms with van der Waals surface area (Å²) in [7, 11) is 0. The minimum absolute atomic E-state index is 0.00549. The molecule has 3 N–H and O–H groups in total. The number of likely N-dealkylation sites (tertiary alicyclic amines) is 2. The first-order valence-electron chi connectivity index (χ1n) is 10.5. The van der Waals surface area contributed by atoms with Crippen LogP contribution in [0.1, 0.15) is 51.6 Å². The number of nitrogens with zero attached hydrogens (tertiary/aromatic N) is 5. The highest BCUT2D eigenvalue weighted by Gasteiger charge is 2.29. The van der Waals surface area contributed by atoms with Crippen molar-refractivity contribution in [1.29, 1.82) is 0 Å². The molecule has 0 amide bonds. The molecule has 0 spiro atoms. The van der Waals surface area contributed by atoms with Crippen LogP contribution in [0.25, 0.3) is 11.2 Å². The molecule has 0 saturated carbocycles. The van der Waals surface area contributed by atoms with E-state index in [4.69, 9.17) is 10.5 Å². The van der Waals surface area contributed by atoms with Crippen LogP contribution >= 0.6 is 0 Å².